The molecule has 1 amide bonds. The Labute approximate surface area is 184 Å². The van der Waals surface area contributed by atoms with Gasteiger partial charge in [0, 0.05) is 42.1 Å². The molecule has 8 nitrogen and oxygen atoms in total. The van der Waals surface area contributed by atoms with Crippen LogP contribution in [0.1, 0.15) is 33.9 Å². The molecule has 0 spiro atoms. The normalized spacial score (nSPS) is 17.0. The Kier molecular flexibility index (Phi) is 5.78. The van der Waals surface area contributed by atoms with Crippen LogP contribution in [-0.2, 0) is 21.9 Å². The summed E-state index contributed by atoms with van der Waals surface area (Å²) in [4.78, 5) is 30.3. The number of ketones is 1. The number of benzene rings is 1. The molecule has 2 aromatic heterocycles. The summed E-state index contributed by atoms with van der Waals surface area (Å²) in [7, 11) is -1.97. The minimum absolute atomic E-state index is 0.218. The predicted octanol–water partition coefficient (Wildman–Crippen LogP) is 2.81. The molecule has 0 radical (unpaired) electrons. The van der Waals surface area contributed by atoms with Crippen LogP contribution < -0.4 is 5.32 Å². The van der Waals surface area contributed by atoms with Gasteiger partial charge in [-0.2, -0.15) is 4.31 Å². The van der Waals surface area contributed by atoms with Crippen LogP contribution in [0, 0.1) is 6.92 Å². The van der Waals surface area contributed by atoms with Crippen molar-refractivity contribution >= 4 is 38.7 Å². The van der Waals surface area contributed by atoms with E-state index >= 15 is 0 Å². The van der Waals surface area contributed by atoms with E-state index in [0.29, 0.717) is 36.5 Å². The third kappa shape index (κ3) is 4.18. The first-order valence-electron chi connectivity index (χ1n) is 9.78. The lowest BCUT2D eigenvalue weighted by Crippen LogP contribution is -2.42. The molecule has 1 aliphatic rings. The number of aromatic nitrogens is 2. The van der Waals surface area contributed by atoms with Crippen LogP contribution >= 0.6 is 11.3 Å². The Morgan fingerprint density at radius 3 is 2.52 bits per heavy atom. The fourth-order valence-electron chi connectivity index (χ4n) is 3.60. The van der Waals surface area contributed by atoms with Crippen molar-refractivity contribution in [3.05, 3.63) is 65.1 Å². The summed E-state index contributed by atoms with van der Waals surface area (Å²) in [5, 5.41) is 2.78. The Morgan fingerprint density at radius 1 is 1.16 bits per heavy atom. The molecule has 1 atom stereocenters. The molecule has 4 rings (SSSR count). The van der Waals surface area contributed by atoms with E-state index in [9.17, 15) is 18.0 Å². The Balaban J connectivity index is 1.47. The number of imidazole rings is 1. The van der Waals surface area contributed by atoms with Gasteiger partial charge < -0.3 is 9.88 Å². The monoisotopic (exact) mass is 458 g/mol. The van der Waals surface area contributed by atoms with E-state index in [1.807, 2.05) is 6.92 Å². The zero-order valence-corrected chi connectivity index (χ0v) is 18.7. The molecule has 3 heterocycles. The lowest BCUT2D eigenvalue weighted by Gasteiger charge is -2.22. The smallest absolute Gasteiger partial charge is 0.253 e. The van der Waals surface area contributed by atoms with Gasteiger partial charge in [-0.25, -0.2) is 13.4 Å². The Hall–Kier alpha value is -2.82. The molecule has 162 valence electrons. The number of nitrogens with one attached hydrogen (secondary N) is 1. The number of thiophene rings is 1. The maximum absolute atomic E-state index is 13.0. The highest BCUT2D eigenvalue weighted by atomic mass is 32.2. The number of aryl methyl sites for hydroxylation is 2. The lowest BCUT2D eigenvalue weighted by atomic mass is 10.1. The van der Waals surface area contributed by atoms with Gasteiger partial charge in [-0.1, -0.05) is 0 Å². The number of rotatable bonds is 6. The summed E-state index contributed by atoms with van der Waals surface area (Å²) in [6.45, 7) is 2.16. The summed E-state index contributed by atoms with van der Waals surface area (Å²) in [5.41, 5.74) is 0.947. The highest BCUT2D eigenvalue weighted by Crippen LogP contribution is 2.30. The maximum Gasteiger partial charge on any atom is 0.253 e. The van der Waals surface area contributed by atoms with Gasteiger partial charge in [0.1, 0.15) is 10.3 Å². The number of nitrogens with zero attached hydrogens (tertiary/aromatic N) is 3. The topological polar surface area (TPSA) is 101 Å². The van der Waals surface area contributed by atoms with E-state index in [4.69, 9.17) is 0 Å². The van der Waals surface area contributed by atoms with Gasteiger partial charge >= 0.3 is 0 Å². The zero-order chi connectivity index (χ0) is 22.2. The summed E-state index contributed by atoms with van der Waals surface area (Å²) >= 11 is 1.20. The standard InChI is InChI=1S/C21H22N4O4S2/c1-14-5-10-18(30-14)31(28,29)25-12-3-4-17(25)21(27)23-16-8-6-15(7-9-16)19(26)20-22-11-13-24(20)2/h5-11,13,17H,3-4,12H2,1-2H3,(H,23,27). The van der Waals surface area contributed by atoms with E-state index in [-0.39, 0.29) is 15.9 Å². The number of hydrogen-bond acceptors (Lipinski definition) is 6. The highest BCUT2D eigenvalue weighted by Gasteiger charge is 2.40. The van der Waals surface area contributed by atoms with Crippen LogP contribution in [-0.4, -0.2) is 46.6 Å². The molecule has 1 aromatic carbocycles. The molecular formula is C21H22N4O4S2. The fourth-order valence-corrected chi connectivity index (χ4v) is 6.67. The Morgan fingerprint density at radius 2 is 1.90 bits per heavy atom. The molecule has 3 aromatic rings. The fraction of sp³-hybridized carbons (Fsp3) is 0.286. The van der Waals surface area contributed by atoms with Crippen LogP contribution in [0.15, 0.2) is 53.0 Å². The highest BCUT2D eigenvalue weighted by molar-refractivity contribution is 7.91. The summed E-state index contributed by atoms with van der Waals surface area (Å²) in [6, 6.07) is 9.07. The van der Waals surface area contributed by atoms with Gasteiger partial charge in [0.15, 0.2) is 5.82 Å². The molecule has 1 saturated heterocycles. The number of anilines is 1. The second-order valence-electron chi connectivity index (χ2n) is 7.40. The van der Waals surface area contributed by atoms with E-state index in [2.05, 4.69) is 10.3 Å². The molecule has 0 aliphatic carbocycles. The van der Waals surface area contributed by atoms with Gasteiger partial charge in [-0.05, 0) is 56.2 Å². The van der Waals surface area contributed by atoms with Gasteiger partial charge in [0.2, 0.25) is 11.7 Å². The number of hydrogen-bond donors (Lipinski definition) is 1. The van der Waals surface area contributed by atoms with Crippen LogP contribution in [0.4, 0.5) is 5.69 Å². The second-order valence-corrected chi connectivity index (χ2v) is 10.8. The third-order valence-electron chi connectivity index (χ3n) is 5.22. The minimum Gasteiger partial charge on any atom is -0.331 e. The van der Waals surface area contributed by atoms with Gasteiger partial charge in [0.05, 0.1) is 0 Å². The first-order chi connectivity index (χ1) is 14.8. The first kappa shape index (κ1) is 21.4. The third-order valence-corrected chi connectivity index (χ3v) is 8.60. The van der Waals surface area contributed by atoms with Crippen molar-refractivity contribution in [2.45, 2.75) is 30.0 Å². The first-order valence-corrected chi connectivity index (χ1v) is 12.0. The quantitative estimate of drug-likeness (QED) is 0.573. The van der Waals surface area contributed by atoms with Crippen LogP contribution in [0.3, 0.4) is 0 Å². The molecule has 10 heteroatoms. The predicted molar refractivity (Wildman–Crippen MR) is 118 cm³/mol. The number of carbonyl (C=O) groups is 2. The van der Waals surface area contributed by atoms with E-state index in [1.165, 1.54) is 15.6 Å². The van der Waals surface area contributed by atoms with Crippen molar-refractivity contribution in [3.8, 4) is 0 Å². The molecule has 0 saturated carbocycles. The average molecular weight is 459 g/mol. The molecule has 1 unspecified atom stereocenters. The van der Waals surface area contributed by atoms with Crippen molar-refractivity contribution in [3.63, 3.8) is 0 Å². The van der Waals surface area contributed by atoms with Gasteiger partial charge in [-0.3, -0.25) is 9.59 Å². The molecular weight excluding hydrogens is 436 g/mol. The Bertz CT molecular complexity index is 1230. The number of amides is 1. The van der Waals surface area contributed by atoms with E-state index < -0.39 is 16.1 Å². The van der Waals surface area contributed by atoms with E-state index in [0.717, 1.165) is 4.88 Å². The van der Waals surface area contributed by atoms with Crippen LogP contribution in [0.5, 0.6) is 0 Å². The van der Waals surface area contributed by atoms with Crippen molar-refractivity contribution in [1.82, 2.24) is 13.9 Å². The molecule has 1 N–H and O–H groups in total. The SMILES string of the molecule is Cc1ccc(S(=O)(=O)N2CCCC2C(=O)Nc2ccc(C(=O)c3nccn3C)cc2)s1. The lowest BCUT2D eigenvalue weighted by molar-refractivity contribution is -0.119. The molecule has 31 heavy (non-hydrogen) atoms. The van der Waals surface area contributed by atoms with Crippen molar-refractivity contribution in [2.24, 2.45) is 7.05 Å². The largest absolute Gasteiger partial charge is 0.331 e. The van der Waals surface area contributed by atoms with Crippen LogP contribution in [0.25, 0.3) is 0 Å². The van der Waals surface area contributed by atoms with Crippen LogP contribution in [0.2, 0.25) is 0 Å². The average Bonchev–Trinajstić information content (AvgIpc) is 3.49. The summed E-state index contributed by atoms with van der Waals surface area (Å²) in [5.74, 6) is -0.269. The maximum atomic E-state index is 13.0. The van der Waals surface area contributed by atoms with Gasteiger partial charge in [0.25, 0.3) is 10.0 Å². The van der Waals surface area contributed by atoms with Crippen molar-refractivity contribution < 1.29 is 18.0 Å². The number of carbonyl (C=O) groups excluding carboxylic acids is 2. The minimum atomic E-state index is -3.71. The van der Waals surface area contributed by atoms with E-state index in [1.54, 1.807) is 60.4 Å². The second kappa shape index (κ2) is 8.37. The summed E-state index contributed by atoms with van der Waals surface area (Å²) < 4.78 is 29.1. The van der Waals surface area contributed by atoms with Crippen molar-refractivity contribution in [2.75, 3.05) is 11.9 Å². The van der Waals surface area contributed by atoms with Gasteiger partial charge in [-0.15, -0.1) is 11.3 Å². The number of sulfonamides is 1. The zero-order valence-electron chi connectivity index (χ0n) is 17.1. The molecule has 1 fully saturated rings. The summed E-state index contributed by atoms with van der Waals surface area (Å²) in [6.07, 6.45) is 4.34. The molecule has 1 aliphatic heterocycles. The molecule has 0 bridgehead atoms. The van der Waals surface area contributed by atoms with Crippen molar-refractivity contribution in [1.29, 1.82) is 0 Å².